The number of carbonyl (C=O) groups excluding carboxylic acids is 1. The van der Waals surface area contributed by atoms with Crippen molar-refractivity contribution in [1.29, 1.82) is 0 Å². The second kappa shape index (κ2) is 9.48. The van der Waals surface area contributed by atoms with Gasteiger partial charge in [-0.25, -0.2) is 15.7 Å². The molecule has 0 bridgehead atoms. The largest absolute Gasteiger partial charge is 0.458 e. The first kappa shape index (κ1) is 20.9. The topological polar surface area (TPSA) is 79.4 Å². The molecule has 0 spiro atoms. The number of imidazole rings is 1. The highest BCUT2D eigenvalue weighted by Gasteiger charge is 2.25. The first-order chi connectivity index (χ1) is 12.8. The molecule has 0 aliphatic carbocycles. The Morgan fingerprint density at radius 2 is 2.00 bits per heavy atom. The maximum Gasteiger partial charge on any atom is 0.337 e. The van der Waals surface area contributed by atoms with Gasteiger partial charge in [0.2, 0.25) is 0 Å². The third kappa shape index (κ3) is 6.34. The summed E-state index contributed by atoms with van der Waals surface area (Å²) in [4.78, 5) is 21.2. The van der Waals surface area contributed by atoms with E-state index < -0.39 is 17.7 Å². The zero-order chi connectivity index (χ0) is 19.9. The summed E-state index contributed by atoms with van der Waals surface area (Å²) < 4.78 is 7.41. The molecule has 2 aromatic rings. The van der Waals surface area contributed by atoms with Gasteiger partial charge in [-0.05, 0) is 51.7 Å². The second-order valence-electron chi connectivity index (χ2n) is 7.45. The molecule has 1 aromatic heterocycles. The number of hydrogen-bond acceptors (Lipinski definition) is 5. The van der Waals surface area contributed by atoms with E-state index in [-0.39, 0.29) is 6.04 Å². The summed E-state index contributed by atoms with van der Waals surface area (Å²) >= 11 is 0. The van der Waals surface area contributed by atoms with Crippen LogP contribution in [-0.4, -0.2) is 27.2 Å². The Hall–Kier alpha value is -2.44. The van der Waals surface area contributed by atoms with Crippen molar-refractivity contribution in [2.45, 2.75) is 58.3 Å². The highest BCUT2D eigenvalue weighted by atomic mass is 16.7. The Morgan fingerprint density at radius 3 is 2.56 bits per heavy atom. The molecule has 2 N–H and O–H groups in total. The van der Waals surface area contributed by atoms with Crippen LogP contribution in [0.25, 0.3) is 5.57 Å². The molecule has 2 unspecified atom stereocenters. The molecule has 146 valence electrons. The molecule has 2 atom stereocenters. The van der Waals surface area contributed by atoms with E-state index in [1.165, 1.54) is 0 Å². The van der Waals surface area contributed by atoms with E-state index in [2.05, 4.69) is 30.1 Å². The van der Waals surface area contributed by atoms with Crippen LogP contribution in [0.5, 0.6) is 0 Å². The molecular weight excluding hydrogens is 342 g/mol. The number of nitrogens with zero attached hydrogens (tertiary/aromatic N) is 2. The summed E-state index contributed by atoms with van der Waals surface area (Å²) in [6, 6.07) is 10.3. The van der Waals surface area contributed by atoms with E-state index in [4.69, 9.17) is 15.5 Å². The number of hydrogen-bond donors (Lipinski definition) is 1. The Labute approximate surface area is 160 Å². The maximum absolute atomic E-state index is 12.2. The van der Waals surface area contributed by atoms with E-state index in [1.807, 2.05) is 49.7 Å². The molecule has 0 aliphatic rings. The van der Waals surface area contributed by atoms with Crippen molar-refractivity contribution in [3.63, 3.8) is 0 Å². The van der Waals surface area contributed by atoms with E-state index in [9.17, 15) is 4.79 Å². The van der Waals surface area contributed by atoms with Gasteiger partial charge in [0.15, 0.2) is 6.10 Å². The number of allylic oxidation sites excluding steroid dienone is 2. The van der Waals surface area contributed by atoms with Gasteiger partial charge in [-0.3, -0.25) is 4.84 Å². The third-order valence-electron chi connectivity index (χ3n) is 4.16. The third-order valence-corrected chi connectivity index (χ3v) is 4.16. The number of benzene rings is 1. The monoisotopic (exact) mass is 371 g/mol. The number of rotatable bonds is 8. The van der Waals surface area contributed by atoms with Gasteiger partial charge in [0.1, 0.15) is 5.60 Å². The lowest BCUT2D eigenvalue weighted by Gasteiger charge is -2.23. The van der Waals surface area contributed by atoms with E-state index >= 15 is 0 Å². The fourth-order valence-electron chi connectivity index (χ4n) is 2.82. The molecule has 1 heterocycles. The van der Waals surface area contributed by atoms with Crippen molar-refractivity contribution in [2.75, 3.05) is 0 Å². The summed E-state index contributed by atoms with van der Waals surface area (Å²) in [5, 5.41) is 0. The number of ether oxygens (including phenoxy) is 1. The molecule has 0 radical (unpaired) electrons. The predicted molar refractivity (Wildman–Crippen MR) is 105 cm³/mol. The predicted octanol–water partition coefficient (Wildman–Crippen LogP) is 3.91. The maximum atomic E-state index is 12.2. The summed E-state index contributed by atoms with van der Waals surface area (Å²) in [6.45, 7) is 7.57. The quantitative estimate of drug-likeness (QED) is 0.562. The minimum absolute atomic E-state index is 0.105. The lowest BCUT2D eigenvalue weighted by Crippen LogP contribution is -2.35. The van der Waals surface area contributed by atoms with Gasteiger partial charge in [0.05, 0.1) is 12.4 Å². The molecule has 6 heteroatoms. The van der Waals surface area contributed by atoms with Gasteiger partial charge < -0.3 is 9.30 Å². The van der Waals surface area contributed by atoms with Crippen LogP contribution >= 0.6 is 0 Å². The van der Waals surface area contributed by atoms with Crippen molar-refractivity contribution in [1.82, 2.24) is 9.55 Å². The summed E-state index contributed by atoms with van der Waals surface area (Å²) in [5.41, 5.74) is 1.70. The first-order valence-electron chi connectivity index (χ1n) is 9.13. The van der Waals surface area contributed by atoms with Crippen LogP contribution in [0.2, 0.25) is 0 Å². The second-order valence-corrected chi connectivity index (χ2v) is 7.45. The van der Waals surface area contributed by atoms with Crippen molar-refractivity contribution in [2.24, 2.45) is 5.90 Å². The SMILES string of the molecule is CC(C(=CCCC(ON)C(=O)OC(C)(C)C)c1ccccc1)n1ccnc1. The molecule has 6 nitrogen and oxygen atoms in total. The first-order valence-corrected chi connectivity index (χ1v) is 9.13. The van der Waals surface area contributed by atoms with Gasteiger partial charge in [-0.1, -0.05) is 36.4 Å². The van der Waals surface area contributed by atoms with E-state index in [0.717, 1.165) is 11.1 Å². The number of aromatic nitrogens is 2. The summed E-state index contributed by atoms with van der Waals surface area (Å²) in [7, 11) is 0. The van der Waals surface area contributed by atoms with Crippen molar-refractivity contribution in [3.8, 4) is 0 Å². The molecular formula is C21H29N3O3. The average Bonchev–Trinajstić information content (AvgIpc) is 3.15. The molecule has 0 saturated carbocycles. The van der Waals surface area contributed by atoms with E-state index in [0.29, 0.717) is 12.8 Å². The van der Waals surface area contributed by atoms with Crippen LogP contribution in [0.1, 0.15) is 52.1 Å². The molecule has 2 rings (SSSR count). The molecule has 0 saturated heterocycles. The Bertz CT molecular complexity index is 734. The Balaban J connectivity index is 2.13. The van der Waals surface area contributed by atoms with Gasteiger partial charge in [-0.15, -0.1) is 0 Å². The number of nitrogens with two attached hydrogens (primary N) is 1. The fraction of sp³-hybridized carbons (Fsp3) is 0.429. The summed E-state index contributed by atoms with van der Waals surface area (Å²) in [5.74, 6) is 4.88. The van der Waals surface area contributed by atoms with Gasteiger partial charge in [0, 0.05) is 12.4 Å². The average molecular weight is 371 g/mol. The van der Waals surface area contributed by atoms with Crippen molar-refractivity contribution >= 4 is 11.5 Å². The fourth-order valence-corrected chi connectivity index (χ4v) is 2.82. The van der Waals surface area contributed by atoms with Crippen LogP contribution in [0, 0.1) is 0 Å². The highest BCUT2D eigenvalue weighted by molar-refractivity contribution is 5.75. The lowest BCUT2D eigenvalue weighted by atomic mass is 9.97. The normalized spacial score (nSPS) is 14.6. The van der Waals surface area contributed by atoms with Crippen molar-refractivity contribution < 1.29 is 14.4 Å². The lowest BCUT2D eigenvalue weighted by molar-refractivity contribution is -0.169. The minimum Gasteiger partial charge on any atom is -0.458 e. The van der Waals surface area contributed by atoms with Crippen LogP contribution in [0.3, 0.4) is 0 Å². The molecule has 0 aliphatic heterocycles. The number of esters is 1. The van der Waals surface area contributed by atoms with E-state index in [1.54, 1.807) is 12.5 Å². The zero-order valence-corrected chi connectivity index (χ0v) is 16.5. The number of carbonyl (C=O) groups is 1. The Kier molecular flexibility index (Phi) is 7.33. The minimum atomic E-state index is -0.791. The van der Waals surface area contributed by atoms with Crippen LogP contribution in [0.15, 0.2) is 55.1 Å². The smallest absolute Gasteiger partial charge is 0.337 e. The highest BCUT2D eigenvalue weighted by Crippen LogP contribution is 2.28. The molecule has 1 aromatic carbocycles. The van der Waals surface area contributed by atoms with Crippen LogP contribution in [0.4, 0.5) is 0 Å². The van der Waals surface area contributed by atoms with Crippen LogP contribution < -0.4 is 5.90 Å². The Morgan fingerprint density at radius 1 is 1.30 bits per heavy atom. The summed E-state index contributed by atoms with van der Waals surface area (Å²) in [6.07, 6.45) is 7.90. The molecule has 0 fully saturated rings. The molecule has 0 amide bonds. The van der Waals surface area contributed by atoms with Crippen LogP contribution in [-0.2, 0) is 14.4 Å². The van der Waals surface area contributed by atoms with Crippen molar-refractivity contribution in [3.05, 3.63) is 60.7 Å². The standard InChI is InChI=1S/C21H29N3O3/c1-16(24-14-13-23-15-24)18(17-9-6-5-7-10-17)11-8-12-19(27-22)20(25)26-21(2,3)4/h5-7,9-11,13-16,19H,8,12,22H2,1-4H3. The zero-order valence-electron chi connectivity index (χ0n) is 16.5. The van der Waals surface area contributed by atoms with Gasteiger partial charge in [0.25, 0.3) is 0 Å². The van der Waals surface area contributed by atoms with Gasteiger partial charge in [-0.2, -0.15) is 0 Å². The molecule has 27 heavy (non-hydrogen) atoms. The van der Waals surface area contributed by atoms with Gasteiger partial charge >= 0.3 is 5.97 Å².